The predicted molar refractivity (Wildman–Crippen MR) is 67.7 cm³/mol. The van der Waals surface area contributed by atoms with Crippen molar-refractivity contribution in [1.29, 1.82) is 0 Å². The highest BCUT2D eigenvalue weighted by Crippen LogP contribution is 2.30. The monoisotopic (exact) mass is 222 g/mol. The summed E-state index contributed by atoms with van der Waals surface area (Å²) < 4.78 is 5.36. The Labute approximate surface area is 97.8 Å². The van der Waals surface area contributed by atoms with Crippen molar-refractivity contribution in [3.63, 3.8) is 0 Å². The van der Waals surface area contributed by atoms with E-state index in [1.807, 2.05) is 12.1 Å². The van der Waals surface area contributed by atoms with E-state index >= 15 is 0 Å². The molecule has 16 heavy (non-hydrogen) atoms. The number of hydrogen-bond donors (Lipinski definition) is 2. The molecule has 0 aliphatic heterocycles. The van der Waals surface area contributed by atoms with Crippen LogP contribution in [0.2, 0.25) is 0 Å². The van der Waals surface area contributed by atoms with Crippen LogP contribution in [0.15, 0.2) is 18.2 Å². The zero-order valence-corrected chi connectivity index (χ0v) is 10.4. The highest BCUT2D eigenvalue weighted by atomic mass is 16.5. The Hall–Kier alpha value is -1.06. The van der Waals surface area contributed by atoms with Crippen LogP contribution in [0.5, 0.6) is 5.75 Å². The SMILES string of the molecule is CCC(C)c1cc(C(N)CN)ccc1OC. The molecule has 0 aliphatic carbocycles. The second-order valence-electron chi connectivity index (χ2n) is 4.15. The molecular weight excluding hydrogens is 200 g/mol. The molecular formula is C13H22N2O. The van der Waals surface area contributed by atoms with E-state index in [2.05, 4.69) is 19.9 Å². The zero-order chi connectivity index (χ0) is 12.1. The van der Waals surface area contributed by atoms with E-state index in [0.717, 1.165) is 17.7 Å². The number of rotatable bonds is 5. The van der Waals surface area contributed by atoms with E-state index in [-0.39, 0.29) is 6.04 Å². The maximum atomic E-state index is 5.93. The molecule has 0 spiro atoms. The standard InChI is InChI=1S/C13H22N2O/c1-4-9(2)11-7-10(12(15)8-14)5-6-13(11)16-3/h5-7,9,12H,4,8,14-15H2,1-3H3. The van der Waals surface area contributed by atoms with Gasteiger partial charge in [-0.2, -0.15) is 0 Å². The van der Waals surface area contributed by atoms with Gasteiger partial charge in [0.2, 0.25) is 0 Å². The molecule has 3 nitrogen and oxygen atoms in total. The number of hydrogen-bond acceptors (Lipinski definition) is 3. The number of nitrogens with two attached hydrogens (primary N) is 2. The van der Waals surface area contributed by atoms with Crippen LogP contribution in [0.1, 0.15) is 43.4 Å². The lowest BCUT2D eigenvalue weighted by molar-refractivity contribution is 0.405. The summed E-state index contributed by atoms with van der Waals surface area (Å²) >= 11 is 0. The molecule has 90 valence electrons. The summed E-state index contributed by atoms with van der Waals surface area (Å²) in [4.78, 5) is 0. The fourth-order valence-corrected chi connectivity index (χ4v) is 1.72. The fraction of sp³-hybridized carbons (Fsp3) is 0.538. The van der Waals surface area contributed by atoms with Crippen molar-refractivity contribution in [1.82, 2.24) is 0 Å². The van der Waals surface area contributed by atoms with Crippen molar-refractivity contribution in [2.75, 3.05) is 13.7 Å². The average Bonchev–Trinajstić information content (AvgIpc) is 2.35. The normalized spacial score (nSPS) is 14.6. The molecule has 4 N–H and O–H groups in total. The van der Waals surface area contributed by atoms with E-state index in [1.54, 1.807) is 7.11 Å². The van der Waals surface area contributed by atoms with Crippen molar-refractivity contribution in [2.45, 2.75) is 32.2 Å². The minimum atomic E-state index is -0.0892. The molecule has 0 aliphatic rings. The van der Waals surface area contributed by atoms with Gasteiger partial charge in [0.1, 0.15) is 5.75 Å². The van der Waals surface area contributed by atoms with Gasteiger partial charge in [0.05, 0.1) is 7.11 Å². The van der Waals surface area contributed by atoms with Gasteiger partial charge in [0.15, 0.2) is 0 Å². The van der Waals surface area contributed by atoms with E-state index in [1.165, 1.54) is 5.56 Å². The lowest BCUT2D eigenvalue weighted by atomic mass is 9.94. The van der Waals surface area contributed by atoms with Gasteiger partial charge in [0.25, 0.3) is 0 Å². The van der Waals surface area contributed by atoms with Crippen LogP contribution in [0.4, 0.5) is 0 Å². The summed E-state index contributed by atoms with van der Waals surface area (Å²) in [6, 6.07) is 5.99. The Balaban J connectivity index is 3.10. The molecule has 0 amide bonds. The molecule has 3 heteroatoms. The summed E-state index contributed by atoms with van der Waals surface area (Å²) in [6.07, 6.45) is 1.08. The first-order chi connectivity index (χ1) is 7.63. The number of ether oxygens (including phenoxy) is 1. The van der Waals surface area contributed by atoms with E-state index < -0.39 is 0 Å². The van der Waals surface area contributed by atoms with Crippen LogP contribution in [-0.2, 0) is 0 Å². The highest BCUT2D eigenvalue weighted by Gasteiger charge is 2.12. The molecule has 0 fully saturated rings. The molecule has 0 saturated carbocycles. The highest BCUT2D eigenvalue weighted by molar-refractivity contribution is 5.40. The second-order valence-corrected chi connectivity index (χ2v) is 4.15. The van der Waals surface area contributed by atoms with Crippen molar-refractivity contribution >= 4 is 0 Å². The van der Waals surface area contributed by atoms with Crippen LogP contribution in [0.3, 0.4) is 0 Å². The Morgan fingerprint density at radius 2 is 2.06 bits per heavy atom. The first-order valence-corrected chi connectivity index (χ1v) is 5.77. The first kappa shape index (κ1) is 13.0. The van der Waals surface area contributed by atoms with Gasteiger partial charge < -0.3 is 16.2 Å². The van der Waals surface area contributed by atoms with Crippen LogP contribution in [0.25, 0.3) is 0 Å². The van der Waals surface area contributed by atoms with Crippen molar-refractivity contribution in [3.05, 3.63) is 29.3 Å². The van der Waals surface area contributed by atoms with E-state index in [0.29, 0.717) is 12.5 Å². The zero-order valence-electron chi connectivity index (χ0n) is 10.4. The van der Waals surface area contributed by atoms with Crippen molar-refractivity contribution in [2.24, 2.45) is 11.5 Å². The molecule has 0 heterocycles. The van der Waals surface area contributed by atoms with Gasteiger partial charge in [-0.15, -0.1) is 0 Å². The third-order valence-electron chi connectivity index (χ3n) is 3.08. The Kier molecular flexibility index (Phi) is 4.77. The molecule has 1 aromatic rings. The Morgan fingerprint density at radius 3 is 2.56 bits per heavy atom. The predicted octanol–water partition coefficient (Wildman–Crippen LogP) is 2.17. The third-order valence-corrected chi connectivity index (χ3v) is 3.08. The summed E-state index contributed by atoms with van der Waals surface area (Å²) in [5.74, 6) is 1.40. The van der Waals surface area contributed by atoms with Crippen LogP contribution < -0.4 is 16.2 Å². The van der Waals surface area contributed by atoms with Gasteiger partial charge in [-0.1, -0.05) is 26.0 Å². The molecule has 0 radical (unpaired) electrons. The molecule has 2 atom stereocenters. The second kappa shape index (κ2) is 5.87. The topological polar surface area (TPSA) is 61.3 Å². The third kappa shape index (κ3) is 2.74. The average molecular weight is 222 g/mol. The minimum Gasteiger partial charge on any atom is -0.496 e. The molecule has 2 unspecified atom stereocenters. The van der Waals surface area contributed by atoms with Gasteiger partial charge >= 0.3 is 0 Å². The fourth-order valence-electron chi connectivity index (χ4n) is 1.72. The smallest absolute Gasteiger partial charge is 0.122 e. The molecule has 0 saturated heterocycles. The van der Waals surface area contributed by atoms with Gasteiger partial charge in [-0.05, 0) is 29.5 Å². The number of benzene rings is 1. The van der Waals surface area contributed by atoms with Crippen LogP contribution in [-0.4, -0.2) is 13.7 Å². The molecule has 0 aromatic heterocycles. The van der Waals surface area contributed by atoms with Crippen molar-refractivity contribution in [3.8, 4) is 5.75 Å². The quantitative estimate of drug-likeness (QED) is 0.802. The molecule has 0 bridgehead atoms. The summed E-state index contributed by atoms with van der Waals surface area (Å²) in [5, 5.41) is 0. The Bertz CT molecular complexity index is 339. The first-order valence-electron chi connectivity index (χ1n) is 5.77. The molecule has 1 aromatic carbocycles. The van der Waals surface area contributed by atoms with Gasteiger partial charge in [-0.25, -0.2) is 0 Å². The summed E-state index contributed by atoms with van der Waals surface area (Å²) in [6.45, 7) is 4.82. The summed E-state index contributed by atoms with van der Waals surface area (Å²) in [5.41, 5.74) is 13.8. The summed E-state index contributed by atoms with van der Waals surface area (Å²) in [7, 11) is 1.70. The minimum absolute atomic E-state index is 0.0892. The lowest BCUT2D eigenvalue weighted by Gasteiger charge is -2.17. The maximum absolute atomic E-state index is 5.93. The van der Waals surface area contributed by atoms with E-state index in [9.17, 15) is 0 Å². The maximum Gasteiger partial charge on any atom is 0.122 e. The Morgan fingerprint density at radius 1 is 1.38 bits per heavy atom. The largest absolute Gasteiger partial charge is 0.496 e. The van der Waals surface area contributed by atoms with Crippen LogP contribution in [0, 0.1) is 0 Å². The van der Waals surface area contributed by atoms with Gasteiger partial charge in [-0.3, -0.25) is 0 Å². The van der Waals surface area contributed by atoms with E-state index in [4.69, 9.17) is 16.2 Å². The lowest BCUT2D eigenvalue weighted by Crippen LogP contribution is -2.21. The van der Waals surface area contributed by atoms with Crippen molar-refractivity contribution < 1.29 is 4.74 Å². The van der Waals surface area contributed by atoms with Crippen LogP contribution >= 0.6 is 0 Å². The molecule has 1 rings (SSSR count). The van der Waals surface area contributed by atoms with Gasteiger partial charge in [0, 0.05) is 12.6 Å². The number of methoxy groups -OCH3 is 1.